The van der Waals surface area contributed by atoms with E-state index in [1.807, 2.05) is 30.0 Å². The fourth-order valence-electron chi connectivity index (χ4n) is 3.02. The normalized spacial score (nSPS) is 14.2. The molecule has 2 aromatic rings. The summed E-state index contributed by atoms with van der Waals surface area (Å²) in [6.45, 7) is 7.33. The molecule has 2 heterocycles. The first-order valence-corrected chi connectivity index (χ1v) is 9.27. The minimum atomic E-state index is 0.0446. The number of nitrogens with zero attached hydrogens (tertiary/aromatic N) is 4. The van der Waals surface area contributed by atoms with E-state index in [9.17, 15) is 4.79 Å². The van der Waals surface area contributed by atoms with Crippen molar-refractivity contribution in [2.45, 2.75) is 20.3 Å². The van der Waals surface area contributed by atoms with Crippen molar-refractivity contribution in [3.05, 3.63) is 41.7 Å². The van der Waals surface area contributed by atoms with Crippen molar-refractivity contribution in [1.29, 1.82) is 0 Å². The highest BCUT2D eigenvalue weighted by molar-refractivity contribution is 5.94. The summed E-state index contributed by atoms with van der Waals surface area (Å²) in [7, 11) is 1.61. The fourth-order valence-corrected chi connectivity index (χ4v) is 3.02. The highest BCUT2D eigenvalue weighted by atomic mass is 16.5. The van der Waals surface area contributed by atoms with Crippen LogP contribution >= 0.6 is 0 Å². The number of amides is 1. The number of carbonyl (C=O) groups excluding carboxylic acids is 1. The standard InChI is InChI=1S/C20H26N4O3/c1-4-13-27-19-14-18(21-15(2)22-19)23-9-11-24(12-10-23)20(25)16-5-7-17(26-3)8-6-16/h5-8,14H,4,9-13H2,1-3H3. The number of anilines is 1. The SMILES string of the molecule is CCCOc1cc(N2CCN(C(=O)c3ccc(OC)cc3)CC2)nc(C)n1. The lowest BCUT2D eigenvalue weighted by Gasteiger charge is -2.35. The number of aryl methyl sites for hydroxylation is 1. The maximum Gasteiger partial charge on any atom is 0.253 e. The number of aromatic nitrogens is 2. The van der Waals surface area contributed by atoms with Crippen molar-refractivity contribution in [2.75, 3.05) is 44.8 Å². The summed E-state index contributed by atoms with van der Waals surface area (Å²) in [5.74, 6) is 2.94. The summed E-state index contributed by atoms with van der Waals surface area (Å²) in [6.07, 6.45) is 0.935. The van der Waals surface area contributed by atoms with Crippen LogP contribution < -0.4 is 14.4 Å². The van der Waals surface area contributed by atoms with E-state index in [1.54, 1.807) is 19.2 Å². The predicted molar refractivity (Wildman–Crippen MR) is 104 cm³/mol. The van der Waals surface area contributed by atoms with Gasteiger partial charge in [0.25, 0.3) is 5.91 Å². The van der Waals surface area contributed by atoms with Crippen LogP contribution in [0.25, 0.3) is 0 Å². The maximum absolute atomic E-state index is 12.7. The van der Waals surface area contributed by atoms with E-state index >= 15 is 0 Å². The Labute approximate surface area is 159 Å². The summed E-state index contributed by atoms with van der Waals surface area (Å²) in [4.78, 5) is 25.6. The Bertz CT molecular complexity index is 771. The van der Waals surface area contributed by atoms with Gasteiger partial charge in [-0.1, -0.05) is 6.92 Å². The van der Waals surface area contributed by atoms with Crippen molar-refractivity contribution in [2.24, 2.45) is 0 Å². The Morgan fingerprint density at radius 2 is 1.81 bits per heavy atom. The second kappa shape index (κ2) is 8.70. The maximum atomic E-state index is 12.7. The van der Waals surface area contributed by atoms with Gasteiger partial charge >= 0.3 is 0 Å². The van der Waals surface area contributed by atoms with Gasteiger partial charge in [-0.25, -0.2) is 4.98 Å². The molecule has 3 rings (SSSR count). The first kappa shape index (κ1) is 18.9. The number of rotatable bonds is 6. The lowest BCUT2D eigenvalue weighted by atomic mass is 10.1. The molecule has 0 aliphatic carbocycles. The van der Waals surface area contributed by atoms with Crippen LogP contribution in [0.4, 0.5) is 5.82 Å². The average molecular weight is 370 g/mol. The van der Waals surface area contributed by atoms with E-state index in [1.165, 1.54) is 0 Å². The molecule has 0 spiro atoms. The van der Waals surface area contributed by atoms with E-state index in [0.717, 1.165) is 31.1 Å². The molecule has 1 saturated heterocycles. The zero-order valence-electron chi connectivity index (χ0n) is 16.1. The summed E-state index contributed by atoms with van der Waals surface area (Å²) in [5, 5.41) is 0. The number of hydrogen-bond donors (Lipinski definition) is 0. The molecule has 0 bridgehead atoms. The van der Waals surface area contributed by atoms with Crippen molar-refractivity contribution >= 4 is 11.7 Å². The van der Waals surface area contributed by atoms with Gasteiger partial charge in [-0.3, -0.25) is 4.79 Å². The molecule has 1 aliphatic rings. The van der Waals surface area contributed by atoms with Gasteiger partial charge in [0.05, 0.1) is 13.7 Å². The Kier molecular flexibility index (Phi) is 6.11. The molecule has 144 valence electrons. The van der Waals surface area contributed by atoms with Gasteiger partial charge < -0.3 is 19.3 Å². The number of ether oxygens (including phenoxy) is 2. The smallest absolute Gasteiger partial charge is 0.253 e. The molecule has 1 amide bonds. The molecule has 0 N–H and O–H groups in total. The first-order chi connectivity index (χ1) is 13.1. The zero-order valence-corrected chi connectivity index (χ0v) is 16.1. The van der Waals surface area contributed by atoms with E-state index < -0.39 is 0 Å². The third-order valence-corrected chi connectivity index (χ3v) is 4.48. The fraction of sp³-hybridized carbons (Fsp3) is 0.450. The molecule has 0 unspecified atom stereocenters. The monoisotopic (exact) mass is 370 g/mol. The number of hydrogen-bond acceptors (Lipinski definition) is 6. The van der Waals surface area contributed by atoms with Crippen molar-refractivity contribution in [1.82, 2.24) is 14.9 Å². The van der Waals surface area contributed by atoms with Gasteiger partial charge in [0.2, 0.25) is 5.88 Å². The molecule has 1 aromatic heterocycles. The van der Waals surface area contributed by atoms with E-state index in [4.69, 9.17) is 9.47 Å². The lowest BCUT2D eigenvalue weighted by Crippen LogP contribution is -2.49. The molecular weight excluding hydrogens is 344 g/mol. The molecule has 7 nitrogen and oxygen atoms in total. The van der Waals surface area contributed by atoms with Crippen molar-refractivity contribution < 1.29 is 14.3 Å². The van der Waals surface area contributed by atoms with Crippen LogP contribution in [-0.2, 0) is 0 Å². The van der Waals surface area contributed by atoms with Crippen molar-refractivity contribution in [3.8, 4) is 11.6 Å². The molecule has 0 saturated carbocycles. The third kappa shape index (κ3) is 4.67. The second-order valence-electron chi connectivity index (χ2n) is 6.47. The highest BCUT2D eigenvalue weighted by Gasteiger charge is 2.23. The zero-order chi connectivity index (χ0) is 19.2. The first-order valence-electron chi connectivity index (χ1n) is 9.27. The largest absolute Gasteiger partial charge is 0.497 e. The Morgan fingerprint density at radius 3 is 2.44 bits per heavy atom. The number of methoxy groups -OCH3 is 1. The van der Waals surface area contributed by atoms with Gasteiger partial charge in [-0.15, -0.1) is 0 Å². The third-order valence-electron chi connectivity index (χ3n) is 4.48. The Morgan fingerprint density at radius 1 is 1.11 bits per heavy atom. The molecule has 0 radical (unpaired) electrons. The van der Waals surface area contributed by atoms with Crippen LogP contribution in [0.2, 0.25) is 0 Å². The summed E-state index contributed by atoms with van der Waals surface area (Å²) in [5.41, 5.74) is 0.678. The van der Waals surface area contributed by atoms with E-state index in [2.05, 4.69) is 21.8 Å². The molecule has 1 aromatic carbocycles. The van der Waals surface area contributed by atoms with Gasteiger partial charge in [0.1, 0.15) is 17.4 Å². The Hall–Kier alpha value is -2.83. The van der Waals surface area contributed by atoms with Crippen LogP contribution in [-0.4, -0.2) is 60.7 Å². The highest BCUT2D eigenvalue weighted by Crippen LogP contribution is 2.20. The summed E-state index contributed by atoms with van der Waals surface area (Å²) < 4.78 is 10.8. The Balaban J connectivity index is 1.62. The van der Waals surface area contributed by atoms with Gasteiger partial charge in [-0.2, -0.15) is 4.98 Å². The molecule has 7 heteroatoms. The molecule has 1 fully saturated rings. The molecule has 1 aliphatic heterocycles. The van der Waals surface area contributed by atoms with Crippen LogP contribution in [0.15, 0.2) is 30.3 Å². The minimum Gasteiger partial charge on any atom is -0.497 e. The summed E-state index contributed by atoms with van der Waals surface area (Å²) >= 11 is 0. The number of benzene rings is 1. The van der Waals surface area contributed by atoms with E-state index in [-0.39, 0.29) is 5.91 Å². The number of carbonyl (C=O) groups is 1. The quantitative estimate of drug-likeness (QED) is 0.778. The molecule has 27 heavy (non-hydrogen) atoms. The predicted octanol–water partition coefficient (Wildman–Crippen LogP) is 2.54. The van der Waals surface area contributed by atoms with Crippen LogP contribution in [0.1, 0.15) is 29.5 Å². The topological polar surface area (TPSA) is 67.8 Å². The minimum absolute atomic E-state index is 0.0446. The van der Waals surface area contributed by atoms with Gasteiger partial charge in [0, 0.05) is 37.8 Å². The van der Waals surface area contributed by atoms with Crippen LogP contribution in [0, 0.1) is 6.92 Å². The average Bonchev–Trinajstić information content (AvgIpc) is 2.71. The van der Waals surface area contributed by atoms with Crippen LogP contribution in [0.3, 0.4) is 0 Å². The number of piperazine rings is 1. The molecular formula is C20H26N4O3. The lowest BCUT2D eigenvalue weighted by molar-refractivity contribution is 0.0746. The summed E-state index contributed by atoms with van der Waals surface area (Å²) in [6, 6.07) is 9.11. The van der Waals surface area contributed by atoms with Gasteiger partial charge in [0.15, 0.2) is 0 Å². The van der Waals surface area contributed by atoms with Crippen LogP contribution in [0.5, 0.6) is 11.6 Å². The van der Waals surface area contributed by atoms with Crippen molar-refractivity contribution in [3.63, 3.8) is 0 Å². The second-order valence-corrected chi connectivity index (χ2v) is 6.47. The van der Waals surface area contributed by atoms with Gasteiger partial charge in [-0.05, 0) is 37.6 Å². The van der Waals surface area contributed by atoms with E-state index in [0.29, 0.717) is 37.0 Å². The molecule has 0 atom stereocenters.